The average molecular weight is 266 g/mol. The molecule has 1 aliphatic heterocycles. The van der Waals surface area contributed by atoms with Crippen molar-refractivity contribution in [2.45, 2.75) is 26.3 Å². The van der Waals surface area contributed by atoms with Gasteiger partial charge in [0.1, 0.15) is 11.5 Å². The van der Waals surface area contributed by atoms with Gasteiger partial charge < -0.3 is 14.5 Å². The zero-order chi connectivity index (χ0) is 13.7. The summed E-state index contributed by atoms with van der Waals surface area (Å²) in [6.45, 7) is 7.58. The number of rotatable bonds is 5. The Balaban J connectivity index is 2.05. The number of ether oxygens (including phenoxy) is 1. The molecule has 0 aromatic carbocycles. The first-order valence-corrected chi connectivity index (χ1v) is 6.85. The van der Waals surface area contributed by atoms with Crippen LogP contribution >= 0.6 is 0 Å². The van der Waals surface area contributed by atoms with Crippen LogP contribution in [0.4, 0.5) is 0 Å². The summed E-state index contributed by atoms with van der Waals surface area (Å²) in [4.78, 5) is 13.8. The van der Waals surface area contributed by atoms with Crippen molar-refractivity contribution < 1.29 is 13.9 Å². The predicted octanol–water partition coefficient (Wildman–Crippen LogP) is 1.49. The molecule has 1 fully saturated rings. The average Bonchev–Trinajstić information content (AvgIpc) is 2.86. The molecule has 1 unspecified atom stereocenters. The van der Waals surface area contributed by atoms with E-state index in [0.717, 1.165) is 37.8 Å². The van der Waals surface area contributed by atoms with Crippen LogP contribution in [0.25, 0.3) is 0 Å². The number of hydrogen-bond donors (Lipinski definition) is 1. The van der Waals surface area contributed by atoms with E-state index < -0.39 is 0 Å². The molecule has 1 aliphatic rings. The molecule has 1 aromatic rings. The van der Waals surface area contributed by atoms with Crippen LogP contribution in [0, 0.1) is 6.92 Å². The van der Waals surface area contributed by atoms with E-state index in [0.29, 0.717) is 13.0 Å². The van der Waals surface area contributed by atoms with Gasteiger partial charge in [0.15, 0.2) is 0 Å². The zero-order valence-electron chi connectivity index (χ0n) is 11.6. The number of morpholine rings is 1. The van der Waals surface area contributed by atoms with Crippen molar-refractivity contribution in [1.29, 1.82) is 0 Å². The summed E-state index contributed by atoms with van der Waals surface area (Å²) < 4.78 is 11.1. The van der Waals surface area contributed by atoms with Crippen molar-refractivity contribution in [2.24, 2.45) is 0 Å². The summed E-state index contributed by atoms with van der Waals surface area (Å²) >= 11 is 0. The number of aryl methyl sites for hydroxylation is 1. The fourth-order valence-corrected chi connectivity index (χ4v) is 2.27. The van der Waals surface area contributed by atoms with Gasteiger partial charge >= 0.3 is 0 Å². The quantitative estimate of drug-likeness (QED) is 0.877. The fraction of sp³-hybridized carbons (Fsp3) is 0.643. The first kappa shape index (κ1) is 14.1. The highest BCUT2D eigenvalue weighted by atomic mass is 16.5. The summed E-state index contributed by atoms with van der Waals surface area (Å²) in [7, 11) is 0. The molecule has 1 aromatic heterocycles. The van der Waals surface area contributed by atoms with Crippen molar-refractivity contribution in [3.8, 4) is 0 Å². The standard InChI is InChI=1S/C14H22N2O3/c1-3-14(17)15-10-12(13-5-4-11(2)19-13)16-6-8-18-9-7-16/h4-5,12H,3,6-10H2,1-2H3,(H,15,17). The lowest BCUT2D eigenvalue weighted by atomic mass is 10.1. The summed E-state index contributed by atoms with van der Waals surface area (Å²) in [5.41, 5.74) is 0. The molecule has 0 spiro atoms. The van der Waals surface area contributed by atoms with E-state index in [1.807, 2.05) is 26.0 Å². The monoisotopic (exact) mass is 266 g/mol. The van der Waals surface area contributed by atoms with Crippen molar-refractivity contribution in [2.75, 3.05) is 32.8 Å². The third-order valence-electron chi connectivity index (χ3n) is 3.39. The van der Waals surface area contributed by atoms with Gasteiger partial charge in [-0.3, -0.25) is 9.69 Å². The van der Waals surface area contributed by atoms with Crippen LogP contribution in [0.3, 0.4) is 0 Å². The topological polar surface area (TPSA) is 54.7 Å². The van der Waals surface area contributed by atoms with Gasteiger partial charge in [-0.05, 0) is 19.1 Å². The van der Waals surface area contributed by atoms with Crippen molar-refractivity contribution >= 4 is 5.91 Å². The second-order valence-corrected chi connectivity index (χ2v) is 4.77. The highest BCUT2D eigenvalue weighted by Crippen LogP contribution is 2.23. The van der Waals surface area contributed by atoms with Crippen molar-refractivity contribution in [3.05, 3.63) is 23.7 Å². The summed E-state index contributed by atoms with van der Waals surface area (Å²) in [6.07, 6.45) is 0.507. The lowest BCUT2D eigenvalue weighted by molar-refractivity contribution is -0.121. The highest BCUT2D eigenvalue weighted by molar-refractivity contribution is 5.75. The van der Waals surface area contributed by atoms with E-state index >= 15 is 0 Å². The molecule has 1 saturated heterocycles. The minimum atomic E-state index is 0.0709. The summed E-state index contributed by atoms with van der Waals surface area (Å²) in [6, 6.07) is 4.05. The summed E-state index contributed by atoms with van der Waals surface area (Å²) in [5, 5.41) is 2.96. The van der Waals surface area contributed by atoms with E-state index in [9.17, 15) is 4.79 Å². The van der Waals surface area contributed by atoms with Crippen LogP contribution in [-0.2, 0) is 9.53 Å². The van der Waals surface area contributed by atoms with Crippen LogP contribution < -0.4 is 5.32 Å². The van der Waals surface area contributed by atoms with E-state index in [2.05, 4.69) is 10.2 Å². The molecule has 1 amide bonds. The second kappa shape index (κ2) is 6.73. The number of carbonyl (C=O) groups is 1. The molecule has 2 heterocycles. The highest BCUT2D eigenvalue weighted by Gasteiger charge is 2.25. The summed E-state index contributed by atoms with van der Waals surface area (Å²) in [5.74, 6) is 1.88. The number of hydrogen-bond acceptors (Lipinski definition) is 4. The maximum Gasteiger partial charge on any atom is 0.219 e. The van der Waals surface area contributed by atoms with Gasteiger partial charge in [0.25, 0.3) is 0 Å². The van der Waals surface area contributed by atoms with Crippen LogP contribution in [-0.4, -0.2) is 43.7 Å². The third kappa shape index (κ3) is 3.81. The first-order valence-electron chi connectivity index (χ1n) is 6.85. The lowest BCUT2D eigenvalue weighted by Gasteiger charge is -2.33. The Kier molecular flexibility index (Phi) is 4.99. The van der Waals surface area contributed by atoms with E-state index in [1.54, 1.807) is 0 Å². The predicted molar refractivity (Wildman–Crippen MR) is 71.9 cm³/mol. The molecular formula is C14H22N2O3. The molecular weight excluding hydrogens is 244 g/mol. The lowest BCUT2D eigenvalue weighted by Crippen LogP contribution is -2.43. The van der Waals surface area contributed by atoms with Gasteiger partial charge in [-0.25, -0.2) is 0 Å². The van der Waals surface area contributed by atoms with Gasteiger partial charge in [0.2, 0.25) is 5.91 Å². The number of furan rings is 1. The second-order valence-electron chi connectivity index (χ2n) is 4.77. The Bertz CT molecular complexity index is 411. The Labute approximate surface area is 113 Å². The van der Waals surface area contributed by atoms with Crippen LogP contribution in [0.1, 0.15) is 30.9 Å². The molecule has 5 heteroatoms. The Morgan fingerprint density at radius 1 is 1.42 bits per heavy atom. The van der Waals surface area contributed by atoms with Gasteiger partial charge in [0.05, 0.1) is 19.3 Å². The van der Waals surface area contributed by atoms with E-state index in [4.69, 9.17) is 9.15 Å². The largest absolute Gasteiger partial charge is 0.465 e. The molecule has 0 aliphatic carbocycles. The SMILES string of the molecule is CCC(=O)NCC(c1ccc(C)o1)N1CCOCC1. The molecule has 5 nitrogen and oxygen atoms in total. The molecule has 0 radical (unpaired) electrons. The van der Waals surface area contributed by atoms with E-state index in [-0.39, 0.29) is 11.9 Å². The minimum Gasteiger partial charge on any atom is -0.465 e. The zero-order valence-corrected chi connectivity index (χ0v) is 11.6. The smallest absolute Gasteiger partial charge is 0.219 e. The van der Waals surface area contributed by atoms with Crippen LogP contribution in [0.2, 0.25) is 0 Å². The van der Waals surface area contributed by atoms with Crippen LogP contribution in [0.5, 0.6) is 0 Å². The maximum atomic E-state index is 11.5. The normalized spacial score (nSPS) is 18.2. The molecule has 106 valence electrons. The fourth-order valence-electron chi connectivity index (χ4n) is 2.27. The van der Waals surface area contributed by atoms with Gasteiger partial charge in [-0.15, -0.1) is 0 Å². The Hall–Kier alpha value is -1.33. The third-order valence-corrected chi connectivity index (χ3v) is 3.39. The molecule has 1 atom stereocenters. The Morgan fingerprint density at radius 2 is 2.16 bits per heavy atom. The molecule has 19 heavy (non-hydrogen) atoms. The maximum absolute atomic E-state index is 11.5. The molecule has 2 rings (SSSR count). The van der Waals surface area contributed by atoms with E-state index in [1.165, 1.54) is 0 Å². The molecule has 1 N–H and O–H groups in total. The first-order chi connectivity index (χ1) is 9.20. The minimum absolute atomic E-state index is 0.0709. The van der Waals surface area contributed by atoms with Gasteiger partial charge in [-0.2, -0.15) is 0 Å². The van der Waals surface area contributed by atoms with Gasteiger partial charge in [-0.1, -0.05) is 6.92 Å². The van der Waals surface area contributed by atoms with Crippen molar-refractivity contribution in [1.82, 2.24) is 10.2 Å². The Morgan fingerprint density at radius 3 is 2.74 bits per heavy atom. The molecule has 0 bridgehead atoms. The number of nitrogens with one attached hydrogen (secondary N) is 1. The number of carbonyl (C=O) groups excluding carboxylic acids is 1. The van der Waals surface area contributed by atoms with Crippen LogP contribution in [0.15, 0.2) is 16.5 Å². The van der Waals surface area contributed by atoms with Gasteiger partial charge in [0, 0.05) is 26.1 Å². The van der Waals surface area contributed by atoms with Crippen molar-refractivity contribution in [3.63, 3.8) is 0 Å². The number of nitrogens with zero attached hydrogens (tertiary/aromatic N) is 1. The number of amides is 1. The molecule has 0 saturated carbocycles.